The lowest BCUT2D eigenvalue weighted by atomic mass is 9.90. The Kier molecular flexibility index (Phi) is 6.70. The number of rotatable bonds is 7. The average Bonchev–Trinajstić information content (AvgIpc) is 2.33. The third-order valence-electron chi connectivity index (χ3n) is 3.90. The Morgan fingerprint density at radius 1 is 1.10 bits per heavy atom. The fourth-order valence-corrected chi connectivity index (χ4v) is 2.60. The van der Waals surface area contributed by atoms with Gasteiger partial charge in [-0.05, 0) is 49.8 Å². The molecule has 2 N–H and O–H groups in total. The van der Waals surface area contributed by atoms with Crippen LogP contribution in [0.1, 0.15) is 56.9 Å². The normalized spacial score (nSPS) is 14.8. The van der Waals surface area contributed by atoms with Crippen LogP contribution in [0.5, 0.6) is 0 Å². The van der Waals surface area contributed by atoms with E-state index in [-0.39, 0.29) is 6.04 Å². The van der Waals surface area contributed by atoms with Gasteiger partial charge in [0.15, 0.2) is 0 Å². The molecule has 0 aliphatic rings. The van der Waals surface area contributed by atoms with Gasteiger partial charge in [0.2, 0.25) is 0 Å². The Bertz CT molecular complexity index is 412. The molecule has 2 heteroatoms. The molecule has 0 heterocycles. The van der Waals surface area contributed by atoms with Gasteiger partial charge in [0.05, 0.1) is 6.10 Å². The number of aliphatic hydroxyl groups is 1. The summed E-state index contributed by atoms with van der Waals surface area (Å²) < 4.78 is 0. The van der Waals surface area contributed by atoms with E-state index in [4.69, 9.17) is 0 Å². The maximum absolute atomic E-state index is 10.7. The topological polar surface area (TPSA) is 32.3 Å². The minimum Gasteiger partial charge on any atom is -0.387 e. The maximum atomic E-state index is 10.7. The summed E-state index contributed by atoms with van der Waals surface area (Å²) in [6.07, 6.45) is 0.700. The fourth-order valence-electron chi connectivity index (χ4n) is 2.60. The molecule has 2 atom stereocenters. The lowest BCUT2D eigenvalue weighted by Gasteiger charge is -2.29. The summed E-state index contributed by atoms with van der Waals surface area (Å²) in [6.45, 7) is 13.9. The molecule has 0 bridgehead atoms. The number of hydrogen-bond acceptors (Lipinski definition) is 2. The van der Waals surface area contributed by atoms with E-state index in [1.54, 1.807) is 0 Å². The third kappa shape index (κ3) is 4.92. The van der Waals surface area contributed by atoms with E-state index in [2.05, 4.69) is 65.1 Å². The molecular formula is C18H31NO. The van der Waals surface area contributed by atoms with Gasteiger partial charge >= 0.3 is 0 Å². The molecule has 0 amide bonds. The molecule has 0 saturated heterocycles. The molecule has 20 heavy (non-hydrogen) atoms. The predicted molar refractivity (Wildman–Crippen MR) is 87.0 cm³/mol. The summed E-state index contributed by atoms with van der Waals surface area (Å²) >= 11 is 0. The van der Waals surface area contributed by atoms with Crippen molar-refractivity contribution in [3.8, 4) is 0 Å². The Morgan fingerprint density at radius 3 is 2.25 bits per heavy atom. The molecule has 1 rings (SSSR count). The van der Waals surface area contributed by atoms with Gasteiger partial charge in [0.1, 0.15) is 0 Å². The van der Waals surface area contributed by atoms with E-state index in [1.165, 1.54) is 11.1 Å². The molecule has 0 saturated carbocycles. The Labute approximate surface area is 124 Å². The second kappa shape index (κ2) is 7.80. The SMILES string of the molecule is Cc1ccc(C(O)C(NCCC(C)C)C(C)C)c(C)c1. The highest BCUT2D eigenvalue weighted by molar-refractivity contribution is 5.32. The van der Waals surface area contributed by atoms with Crippen molar-refractivity contribution in [3.63, 3.8) is 0 Å². The third-order valence-corrected chi connectivity index (χ3v) is 3.90. The van der Waals surface area contributed by atoms with Gasteiger partial charge in [0, 0.05) is 6.04 Å². The molecule has 0 radical (unpaired) electrons. The van der Waals surface area contributed by atoms with E-state index in [0.29, 0.717) is 11.8 Å². The van der Waals surface area contributed by atoms with Crippen LogP contribution in [0.15, 0.2) is 18.2 Å². The van der Waals surface area contributed by atoms with Crippen LogP contribution in [-0.4, -0.2) is 17.7 Å². The number of aryl methyl sites for hydroxylation is 2. The van der Waals surface area contributed by atoms with Crippen molar-refractivity contribution in [1.29, 1.82) is 0 Å². The lowest BCUT2D eigenvalue weighted by Crippen LogP contribution is -2.40. The first-order valence-electron chi connectivity index (χ1n) is 7.81. The van der Waals surface area contributed by atoms with E-state index in [9.17, 15) is 5.11 Å². The lowest BCUT2D eigenvalue weighted by molar-refractivity contribution is 0.104. The maximum Gasteiger partial charge on any atom is 0.0948 e. The quantitative estimate of drug-likeness (QED) is 0.789. The second-order valence-electron chi connectivity index (χ2n) is 6.71. The van der Waals surface area contributed by atoms with Crippen LogP contribution in [0.2, 0.25) is 0 Å². The smallest absolute Gasteiger partial charge is 0.0948 e. The van der Waals surface area contributed by atoms with Crippen molar-refractivity contribution in [2.45, 2.75) is 60.1 Å². The summed E-state index contributed by atoms with van der Waals surface area (Å²) in [6, 6.07) is 6.39. The molecule has 1 aromatic carbocycles. The van der Waals surface area contributed by atoms with Crippen LogP contribution in [0.3, 0.4) is 0 Å². The van der Waals surface area contributed by atoms with Gasteiger partial charge in [0.25, 0.3) is 0 Å². The molecular weight excluding hydrogens is 246 g/mol. The number of nitrogens with one attached hydrogen (secondary N) is 1. The Hall–Kier alpha value is -0.860. The van der Waals surface area contributed by atoms with Gasteiger partial charge in [-0.1, -0.05) is 51.5 Å². The van der Waals surface area contributed by atoms with Crippen LogP contribution >= 0.6 is 0 Å². The summed E-state index contributed by atoms with van der Waals surface area (Å²) in [4.78, 5) is 0. The van der Waals surface area contributed by atoms with Gasteiger partial charge in [-0.15, -0.1) is 0 Å². The number of benzene rings is 1. The van der Waals surface area contributed by atoms with Crippen LogP contribution in [-0.2, 0) is 0 Å². The minimum atomic E-state index is -0.442. The molecule has 0 aliphatic carbocycles. The zero-order valence-corrected chi connectivity index (χ0v) is 13.9. The van der Waals surface area contributed by atoms with Crippen LogP contribution < -0.4 is 5.32 Å². The zero-order chi connectivity index (χ0) is 15.3. The highest BCUT2D eigenvalue weighted by atomic mass is 16.3. The first-order chi connectivity index (χ1) is 9.32. The Morgan fingerprint density at radius 2 is 1.75 bits per heavy atom. The molecule has 0 spiro atoms. The summed E-state index contributed by atoms with van der Waals surface area (Å²) in [5.41, 5.74) is 3.47. The van der Waals surface area contributed by atoms with Crippen molar-refractivity contribution in [1.82, 2.24) is 5.32 Å². The molecule has 2 unspecified atom stereocenters. The van der Waals surface area contributed by atoms with E-state index >= 15 is 0 Å². The predicted octanol–water partition coefficient (Wildman–Crippen LogP) is 4.00. The summed E-state index contributed by atoms with van der Waals surface area (Å²) in [5, 5.41) is 14.3. The van der Waals surface area contributed by atoms with Crippen molar-refractivity contribution in [2.24, 2.45) is 11.8 Å². The van der Waals surface area contributed by atoms with Gasteiger partial charge < -0.3 is 10.4 Å². The molecule has 0 fully saturated rings. The second-order valence-corrected chi connectivity index (χ2v) is 6.71. The highest BCUT2D eigenvalue weighted by Crippen LogP contribution is 2.25. The summed E-state index contributed by atoms with van der Waals surface area (Å²) in [5.74, 6) is 1.09. The van der Waals surface area contributed by atoms with E-state index in [1.807, 2.05) is 0 Å². The zero-order valence-electron chi connectivity index (χ0n) is 13.9. The van der Waals surface area contributed by atoms with Crippen molar-refractivity contribution >= 4 is 0 Å². The average molecular weight is 277 g/mol. The fraction of sp³-hybridized carbons (Fsp3) is 0.667. The van der Waals surface area contributed by atoms with Crippen LogP contribution in [0.25, 0.3) is 0 Å². The molecule has 2 nitrogen and oxygen atoms in total. The number of hydrogen-bond donors (Lipinski definition) is 2. The largest absolute Gasteiger partial charge is 0.387 e. The first kappa shape index (κ1) is 17.2. The monoisotopic (exact) mass is 277 g/mol. The first-order valence-corrected chi connectivity index (χ1v) is 7.81. The van der Waals surface area contributed by atoms with Gasteiger partial charge in [-0.3, -0.25) is 0 Å². The standard InChI is InChI=1S/C18H31NO/c1-12(2)9-10-19-17(13(3)4)18(20)16-8-7-14(5)11-15(16)6/h7-8,11-13,17-20H,9-10H2,1-6H3. The minimum absolute atomic E-state index is 0.107. The molecule has 1 aromatic rings. The van der Waals surface area contributed by atoms with Crippen molar-refractivity contribution in [3.05, 3.63) is 34.9 Å². The van der Waals surface area contributed by atoms with Crippen LogP contribution in [0, 0.1) is 25.7 Å². The molecule has 0 aromatic heterocycles. The van der Waals surface area contributed by atoms with Crippen LogP contribution in [0.4, 0.5) is 0 Å². The highest BCUT2D eigenvalue weighted by Gasteiger charge is 2.24. The molecule has 114 valence electrons. The molecule has 0 aliphatic heterocycles. The number of aliphatic hydroxyl groups excluding tert-OH is 1. The van der Waals surface area contributed by atoms with Crippen molar-refractivity contribution in [2.75, 3.05) is 6.54 Å². The van der Waals surface area contributed by atoms with Gasteiger partial charge in [-0.2, -0.15) is 0 Å². The van der Waals surface area contributed by atoms with E-state index < -0.39 is 6.10 Å². The van der Waals surface area contributed by atoms with Gasteiger partial charge in [-0.25, -0.2) is 0 Å². The summed E-state index contributed by atoms with van der Waals surface area (Å²) in [7, 11) is 0. The van der Waals surface area contributed by atoms with Crippen molar-refractivity contribution < 1.29 is 5.11 Å². The Balaban J connectivity index is 2.80. The van der Waals surface area contributed by atoms with E-state index in [0.717, 1.165) is 18.5 Å².